The molecule has 0 spiro atoms. The van der Waals surface area contributed by atoms with Crippen LogP contribution in [0.2, 0.25) is 0 Å². The molecule has 0 saturated carbocycles. The zero-order chi connectivity index (χ0) is 18.2. The highest BCUT2D eigenvalue weighted by molar-refractivity contribution is 5.89. The second-order valence-electron chi connectivity index (χ2n) is 6.74. The molecule has 1 unspecified atom stereocenters. The number of urea groups is 1. The van der Waals surface area contributed by atoms with Crippen LogP contribution in [0.3, 0.4) is 0 Å². The Labute approximate surface area is 155 Å². The first kappa shape index (κ1) is 18.3. The Bertz CT molecular complexity index is 705. The third kappa shape index (κ3) is 5.49. The number of aryl methyl sites for hydroxylation is 1. The van der Waals surface area contributed by atoms with Gasteiger partial charge in [-0.1, -0.05) is 36.4 Å². The number of benzene rings is 2. The Hall–Kier alpha value is -2.53. The van der Waals surface area contributed by atoms with E-state index in [9.17, 15) is 4.79 Å². The summed E-state index contributed by atoms with van der Waals surface area (Å²) in [4.78, 5) is 14.1. The van der Waals surface area contributed by atoms with E-state index in [1.54, 1.807) is 4.90 Å². The van der Waals surface area contributed by atoms with Crippen molar-refractivity contribution in [1.82, 2.24) is 4.90 Å². The number of anilines is 1. The molecule has 2 aromatic carbocycles. The first-order valence-corrected chi connectivity index (χ1v) is 9.29. The summed E-state index contributed by atoms with van der Waals surface area (Å²) in [5, 5.41) is 2.94. The van der Waals surface area contributed by atoms with Crippen LogP contribution >= 0.6 is 0 Å². The van der Waals surface area contributed by atoms with Gasteiger partial charge in [0.25, 0.3) is 0 Å². The van der Waals surface area contributed by atoms with Crippen LogP contribution in [0.4, 0.5) is 10.5 Å². The van der Waals surface area contributed by atoms with Gasteiger partial charge in [0.15, 0.2) is 0 Å². The Morgan fingerprint density at radius 2 is 2.04 bits per heavy atom. The maximum Gasteiger partial charge on any atom is 0.321 e. The molecular weight excluding hydrogens is 326 g/mol. The third-order valence-corrected chi connectivity index (χ3v) is 4.55. The summed E-state index contributed by atoms with van der Waals surface area (Å²) in [6.45, 7) is 2.02. The smallest absolute Gasteiger partial charge is 0.321 e. The minimum Gasteiger partial charge on any atom is -0.494 e. The Morgan fingerprint density at radius 3 is 2.85 bits per heavy atom. The number of carbonyl (C=O) groups excluding carboxylic acids is 1. The van der Waals surface area contributed by atoms with E-state index in [-0.39, 0.29) is 12.1 Å². The normalized spacial score (nSPS) is 17.0. The van der Waals surface area contributed by atoms with Gasteiger partial charge >= 0.3 is 6.03 Å². The number of nitrogens with zero attached hydrogens (tertiary/aromatic N) is 1. The fraction of sp³-hybridized carbons (Fsp3) is 0.381. The average Bonchev–Trinajstić information content (AvgIpc) is 2.66. The molecule has 0 aromatic heterocycles. The molecule has 5 nitrogen and oxygen atoms in total. The third-order valence-electron chi connectivity index (χ3n) is 4.55. The highest BCUT2D eigenvalue weighted by Crippen LogP contribution is 2.19. The number of nitrogens with two attached hydrogens (primary N) is 1. The number of likely N-dealkylation sites (tertiary alicyclic amines) is 1. The molecule has 1 aliphatic rings. The highest BCUT2D eigenvalue weighted by Gasteiger charge is 2.21. The van der Waals surface area contributed by atoms with Gasteiger partial charge in [0, 0.05) is 30.9 Å². The summed E-state index contributed by atoms with van der Waals surface area (Å²) in [6, 6.07) is 17.9. The second-order valence-corrected chi connectivity index (χ2v) is 6.74. The molecule has 2 amide bonds. The van der Waals surface area contributed by atoms with Gasteiger partial charge in [-0.3, -0.25) is 0 Å². The maximum absolute atomic E-state index is 12.4. The SMILES string of the molecule is NC1CCCN(C(=O)Nc2cccc(OCCCc3ccccc3)c2)C1. The van der Waals surface area contributed by atoms with E-state index in [2.05, 4.69) is 29.6 Å². The van der Waals surface area contributed by atoms with Gasteiger partial charge in [0.05, 0.1) is 6.61 Å². The zero-order valence-corrected chi connectivity index (χ0v) is 15.1. The molecule has 1 aliphatic heterocycles. The Balaban J connectivity index is 1.46. The lowest BCUT2D eigenvalue weighted by atomic mass is 10.1. The molecule has 5 heteroatoms. The fourth-order valence-corrected chi connectivity index (χ4v) is 3.17. The molecule has 0 bridgehead atoms. The van der Waals surface area contributed by atoms with Crippen LogP contribution in [0.25, 0.3) is 0 Å². The number of piperidine rings is 1. The van der Waals surface area contributed by atoms with Crippen molar-refractivity contribution in [1.29, 1.82) is 0 Å². The van der Waals surface area contributed by atoms with Crippen molar-refractivity contribution >= 4 is 11.7 Å². The van der Waals surface area contributed by atoms with E-state index in [1.165, 1.54) is 5.56 Å². The van der Waals surface area contributed by atoms with Crippen molar-refractivity contribution in [2.24, 2.45) is 5.73 Å². The lowest BCUT2D eigenvalue weighted by Crippen LogP contribution is -2.47. The number of nitrogens with one attached hydrogen (secondary N) is 1. The van der Waals surface area contributed by atoms with E-state index in [1.807, 2.05) is 30.3 Å². The number of ether oxygens (including phenoxy) is 1. The maximum atomic E-state index is 12.4. The van der Waals surface area contributed by atoms with Crippen LogP contribution in [0.1, 0.15) is 24.8 Å². The van der Waals surface area contributed by atoms with Gasteiger partial charge in [0.2, 0.25) is 0 Å². The molecule has 0 aliphatic carbocycles. The number of hydrogen-bond donors (Lipinski definition) is 2. The number of rotatable bonds is 6. The van der Waals surface area contributed by atoms with Gasteiger partial charge in [0.1, 0.15) is 5.75 Å². The summed E-state index contributed by atoms with van der Waals surface area (Å²) in [5.41, 5.74) is 8.01. The number of carbonyl (C=O) groups is 1. The van der Waals surface area contributed by atoms with Crippen LogP contribution < -0.4 is 15.8 Å². The average molecular weight is 353 g/mol. The van der Waals surface area contributed by atoms with E-state index in [0.29, 0.717) is 13.2 Å². The lowest BCUT2D eigenvalue weighted by Gasteiger charge is -2.30. The molecule has 1 atom stereocenters. The minimum absolute atomic E-state index is 0.0776. The van der Waals surface area contributed by atoms with Crippen molar-refractivity contribution in [3.63, 3.8) is 0 Å². The summed E-state index contributed by atoms with van der Waals surface area (Å²) in [5.74, 6) is 0.770. The second kappa shape index (κ2) is 9.25. The fourth-order valence-electron chi connectivity index (χ4n) is 3.17. The predicted molar refractivity (Wildman–Crippen MR) is 105 cm³/mol. The molecule has 26 heavy (non-hydrogen) atoms. The topological polar surface area (TPSA) is 67.6 Å². The van der Waals surface area contributed by atoms with Gasteiger partial charge in [-0.05, 0) is 43.4 Å². The molecule has 3 rings (SSSR count). The van der Waals surface area contributed by atoms with Crippen LogP contribution in [-0.4, -0.2) is 36.7 Å². The molecule has 138 valence electrons. The van der Waals surface area contributed by atoms with Gasteiger partial charge in [-0.25, -0.2) is 4.79 Å². The molecule has 1 fully saturated rings. The van der Waals surface area contributed by atoms with Crippen molar-refractivity contribution in [2.75, 3.05) is 25.0 Å². The van der Waals surface area contributed by atoms with E-state index >= 15 is 0 Å². The van der Waals surface area contributed by atoms with Crippen LogP contribution in [0.15, 0.2) is 54.6 Å². The van der Waals surface area contributed by atoms with Crippen molar-refractivity contribution in [3.05, 3.63) is 60.2 Å². The van der Waals surface area contributed by atoms with Crippen molar-refractivity contribution in [2.45, 2.75) is 31.7 Å². The number of amides is 2. The molecule has 1 saturated heterocycles. The standard InChI is InChI=1S/C21H27N3O2/c22-18-10-5-13-24(16-18)21(25)23-19-11-4-12-20(15-19)26-14-6-9-17-7-2-1-3-8-17/h1-4,7-8,11-12,15,18H,5-6,9-10,13-14,16,22H2,(H,23,25). The monoisotopic (exact) mass is 353 g/mol. The molecule has 3 N–H and O–H groups in total. The van der Waals surface area contributed by atoms with E-state index in [0.717, 1.165) is 43.7 Å². The highest BCUT2D eigenvalue weighted by atomic mass is 16.5. The van der Waals surface area contributed by atoms with Gasteiger partial charge in [-0.2, -0.15) is 0 Å². The first-order valence-electron chi connectivity index (χ1n) is 9.29. The number of hydrogen-bond acceptors (Lipinski definition) is 3. The largest absolute Gasteiger partial charge is 0.494 e. The Kier molecular flexibility index (Phi) is 6.50. The molecule has 1 heterocycles. The summed E-state index contributed by atoms with van der Waals surface area (Å²) >= 11 is 0. The summed E-state index contributed by atoms with van der Waals surface area (Å²) < 4.78 is 5.83. The van der Waals surface area contributed by atoms with Gasteiger partial charge < -0.3 is 20.7 Å². The first-order chi connectivity index (χ1) is 12.7. The van der Waals surface area contributed by atoms with E-state index in [4.69, 9.17) is 10.5 Å². The van der Waals surface area contributed by atoms with Crippen LogP contribution in [-0.2, 0) is 6.42 Å². The lowest BCUT2D eigenvalue weighted by molar-refractivity contribution is 0.193. The zero-order valence-electron chi connectivity index (χ0n) is 15.1. The quantitative estimate of drug-likeness (QED) is 0.779. The summed E-state index contributed by atoms with van der Waals surface area (Å²) in [6.07, 6.45) is 3.88. The molecule has 2 aromatic rings. The minimum atomic E-state index is -0.0959. The molecule has 0 radical (unpaired) electrons. The Morgan fingerprint density at radius 1 is 1.19 bits per heavy atom. The summed E-state index contributed by atoms with van der Waals surface area (Å²) in [7, 11) is 0. The van der Waals surface area contributed by atoms with Gasteiger partial charge in [-0.15, -0.1) is 0 Å². The van der Waals surface area contributed by atoms with E-state index < -0.39 is 0 Å². The van der Waals surface area contributed by atoms with Crippen molar-refractivity contribution in [3.8, 4) is 5.75 Å². The molecular formula is C21H27N3O2. The predicted octanol–water partition coefficient (Wildman–Crippen LogP) is 3.65. The van der Waals surface area contributed by atoms with Crippen LogP contribution in [0.5, 0.6) is 5.75 Å². The van der Waals surface area contributed by atoms with Crippen LogP contribution in [0, 0.1) is 0 Å². The van der Waals surface area contributed by atoms with Crippen molar-refractivity contribution < 1.29 is 9.53 Å².